The topological polar surface area (TPSA) is 102 Å². The van der Waals surface area contributed by atoms with Crippen molar-refractivity contribution in [2.75, 3.05) is 13.7 Å². The van der Waals surface area contributed by atoms with E-state index < -0.39 is 5.97 Å². The Morgan fingerprint density at radius 3 is 2.35 bits per heavy atom. The van der Waals surface area contributed by atoms with Gasteiger partial charge in [0, 0.05) is 20.0 Å². The van der Waals surface area contributed by atoms with Crippen LogP contribution in [-0.2, 0) is 23.8 Å². The summed E-state index contributed by atoms with van der Waals surface area (Å²) in [5.41, 5.74) is 0. The Morgan fingerprint density at radius 2 is 1.68 bits per heavy atom. The summed E-state index contributed by atoms with van der Waals surface area (Å²) in [5.74, 6) is 0.731. The van der Waals surface area contributed by atoms with E-state index in [1.165, 1.54) is 45.6 Å². The van der Waals surface area contributed by atoms with Gasteiger partial charge < -0.3 is 24.4 Å². The lowest BCUT2D eigenvalue weighted by Gasteiger charge is -2.30. The van der Waals surface area contributed by atoms with Crippen LogP contribution in [0.25, 0.3) is 0 Å². The van der Waals surface area contributed by atoms with Crippen molar-refractivity contribution >= 4 is 11.9 Å². The van der Waals surface area contributed by atoms with Crippen LogP contribution in [0.2, 0.25) is 0 Å². The highest BCUT2D eigenvalue weighted by atomic mass is 16.7. The van der Waals surface area contributed by atoms with Crippen molar-refractivity contribution in [3.8, 4) is 0 Å². The number of methoxy groups -OCH3 is 1. The summed E-state index contributed by atoms with van der Waals surface area (Å²) in [5, 5.41) is 18.1. The van der Waals surface area contributed by atoms with Gasteiger partial charge >= 0.3 is 5.97 Å². The predicted octanol–water partition coefficient (Wildman–Crippen LogP) is 6.42. The number of aliphatic hydroxyl groups excluding tert-OH is 1. The molecule has 3 aliphatic rings. The van der Waals surface area contributed by atoms with Gasteiger partial charge in [0.05, 0.1) is 19.3 Å². The molecule has 3 rings (SSSR count). The fourth-order valence-electron chi connectivity index (χ4n) is 6.10. The molecule has 0 aromatic rings. The number of carbonyl (C=O) groups is 2. The van der Waals surface area contributed by atoms with Crippen molar-refractivity contribution in [2.24, 2.45) is 17.8 Å². The Balaban J connectivity index is 0.00000112. The number of hydrogen-bond acceptors (Lipinski definition) is 6. The monoisotopic (exact) mass is 524 g/mol. The highest BCUT2D eigenvalue weighted by Gasteiger charge is 2.37. The second-order valence-corrected chi connectivity index (χ2v) is 11.1. The molecule has 2 aliphatic carbocycles. The molecule has 1 aliphatic heterocycles. The Hall–Kier alpha value is -1.44. The summed E-state index contributed by atoms with van der Waals surface area (Å²) in [7, 11) is 1.46. The Bertz CT molecular complexity index is 648. The summed E-state index contributed by atoms with van der Waals surface area (Å²) in [4.78, 5) is 20.3. The van der Waals surface area contributed by atoms with Gasteiger partial charge in [0.15, 0.2) is 6.29 Å². The Kier molecular flexibility index (Phi) is 16.1. The van der Waals surface area contributed by atoms with Crippen LogP contribution in [0.3, 0.4) is 0 Å². The summed E-state index contributed by atoms with van der Waals surface area (Å²) in [6.07, 6.45) is 23.3. The van der Waals surface area contributed by atoms with Crippen LogP contribution in [0.1, 0.15) is 116 Å². The lowest BCUT2D eigenvalue weighted by atomic mass is 9.84. The van der Waals surface area contributed by atoms with E-state index in [0.29, 0.717) is 24.2 Å². The van der Waals surface area contributed by atoms with Crippen molar-refractivity contribution in [2.45, 2.75) is 135 Å². The molecular formula is C30H52O7. The van der Waals surface area contributed by atoms with Gasteiger partial charge in [-0.1, -0.05) is 63.5 Å². The number of carboxylic acid groups (broad SMARTS) is 1. The van der Waals surface area contributed by atoms with Crippen LogP contribution in [0.15, 0.2) is 12.2 Å². The maximum atomic E-state index is 11.3. The largest absolute Gasteiger partial charge is 0.481 e. The molecule has 1 saturated heterocycles. The van der Waals surface area contributed by atoms with Crippen LogP contribution in [0, 0.1) is 17.8 Å². The number of aliphatic hydroxyl groups is 1. The molecule has 0 bridgehead atoms. The summed E-state index contributed by atoms with van der Waals surface area (Å²) >= 11 is 0. The van der Waals surface area contributed by atoms with Gasteiger partial charge in [0.25, 0.3) is 5.97 Å². The second-order valence-electron chi connectivity index (χ2n) is 11.1. The van der Waals surface area contributed by atoms with E-state index in [-0.39, 0.29) is 24.5 Å². The predicted molar refractivity (Wildman–Crippen MR) is 144 cm³/mol. The molecule has 1 heterocycles. The average molecular weight is 525 g/mol. The van der Waals surface area contributed by atoms with E-state index in [0.717, 1.165) is 77.7 Å². The molecule has 0 amide bonds. The second kappa shape index (κ2) is 18.8. The average Bonchev–Trinajstić information content (AvgIpc) is 3.26. The molecule has 0 aromatic heterocycles. The van der Waals surface area contributed by atoms with Crippen molar-refractivity contribution in [1.82, 2.24) is 0 Å². The minimum Gasteiger partial charge on any atom is -0.481 e. The lowest BCUT2D eigenvalue weighted by Crippen LogP contribution is -2.31. The number of allylic oxidation sites excluding steroid dienone is 1. The number of unbranched alkanes of at least 4 members (excludes halogenated alkanes) is 3. The third-order valence-corrected chi connectivity index (χ3v) is 8.05. The maximum Gasteiger partial charge on any atom is 0.305 e. The van der Waals surface area contributed by atoms with Crippen molar-refractivity contribution in [3.05, 3.63) is 12.2 Å². The molecule has 0 radical (unpaired) electrons. The molecule has 7 heteroatoms. The number of esters is 1. The maximum absolute atomic E-state index is 11.3. The van der Waals surface area contributed by atoms with Gasteiger partial charge in [-0.3, -0.25) is 9.59 Å². The highest BCUT2D eigenvalue weighted by molar-refractivity contribution is 5.68. The quantitative estimate of drug-likeness (QED) is 0.163. The summed E-state index contributed by atoms with van der Waals surface area (Å²) in [6, 6.07) is 0. The molecule has 0 spiro atoms. The Morgan fingerprint density at radius 1 is 0.973 bits per heavy atom. The van der Waals surface area contributed by atoms with Crippen molar-refractivity contribution in [3.63, 3.8) is 0 Å². The first kappa shape index (κ1) is 31.8. The molecule has 214 valence electrons. The van der Waals surface area contributed by atoms with Crippen LogP contribution < -0.4 is 0 Å². The summed E-state index contributed by atoms with van der Waals surface area (Å²) < 4.78 is 17.1. The third kappa shape index (κ3) is 13.8. The number of carbonyl (C=O) groups excluding carboxylic acids is 1. The van der Waals surface area contributed by atoms with Gasteiger partial charge in [-0.05, 0) is 69.1 Å². The van der Waals surface area contributed by atoms with Gasteiger partial charge in [-0.15, -0.1) is 0 Å². The van der Waals surface area contributed by atoms with Gasteiger partial charge in [0.1, 0.15) is 0 Å². The number of carboxylic acids is 1. The van der Waals surface area contributed by atoms with Crippen molar-refractivity contribution in [1.29, 1.82) is 0 Å². The van der Waals surface area contributed by atoms with Crippen LogP contribution in [0.4, 0.5) is 0 Å². The van der Waals surface area contributed by atoms with Crippen molar-refractivity contribution < 1.29 is 34.0 Å². The van der Waals surface area contributed by atoms with Gasteiger partial charge in [-0.25, -0.2) is 0 Å². The van der Waals surface area contributed by atoms with Crippen LogP contribution >= 0.6 is 0 Å². The first-order chi connectivity index (χ1) is 17.9. The first-order valence-electron chi connectivity index (χ1n) is 14.8. The first-order valence-corrected chi connectivity index (χ1v) is 14.8. The molecule has 2 N–H and O–H groups in total. The fraction of sp³-hybridized carbons (Fsp3) is 0.867. The minimum atomic E-state index is -0.833. The molecule has 2 saturated carbocycles. The molecule has 7 nitrogen and oxygen atoms in total. The highest BCUT2D eigenvalue weighted by Crippen LogP contribution is 2.40. The molecule has 37 heavy (non-hydrogen) atoms. The SMILES string of the molecule is CC(=O)O.COC(=O)CCCCCCC1C(C=CC(O)CC2CCCCC2)CCC1OC1CCCCO1. The van der Waals surface area contributed by atoms with Gasteiger partial charge in [0.2, 0.25) is 0 Å². The number of aliphatic carboxylic acids is 1. The molecule has 5 atom stereocenters. The molecule has 5 unspecified atom stereocenters. The number of ether oxygens (including phenoxy) is 3. The van der Waals surface area contributed by atoms with E-state index in [2.05, 4.69) is 12.2 Å². The van der Waals surface area contributed by atoms with E-state index in [4.69, 9.17) is 24.1 Å². The standard InChI is InChI=1S/C28H48O5.C2H4O2/c1-31-27(30)14-8-3-2-7-13-25-23(16-18-24(29)21-22-11-5-4-6-12-22)17-19-26(25)33-28-15-9-10-20-32-28;1-2(3)4/h16,18,22-26,28-29H,2-15,17,19-21H2,1H3;1H3,(H,3,4). The smallest absolute Gasteiger partial charge is 0.305 e. The zero-order valence-electron chi connectivity index (χ0n) is 23.3. The Labute approximate surface area is 224 Å². The number of hydrogen-bond donors (Lipinski definition) is 2. The molecule has 3 fully saturated rings. The zero-order chi connectivity index (χ0) is 26.9. The van der Waals surface area contributed by atoms with E-state index in [1.54, 1.807) is 0 Å². The van der Waals surface area contributed by atoms with Gasteiger partial charge in [-0.2, -0.15) is 0 Å². The molecular weight excluding hydrogens is 472 g/mol. The third-order valence-electron chi connectivity index (χ3n) is 8.05. The zero-order valence-corrected chi connectivity index (χ0v) is 23.3. The van der Waals surface area contributed by atoms with E-state index in [9.17, 15) is 9.90 Å². The fourth-order valence-corrected chi connectivity index (χ4v) is 6.10. The van der Waals surface area contributed by atoms with Crippen LogP contribution in [0.5, 0.6) is 0 Å². The van der Waals surface area contributed by atoms with E-state index in [1.807, 2.05) is 0 Å². The number of rotatable bonds is 13. The minimum absolute atomic E-state index is 0.0362. The van der Waals surface area contributed by atoms with E-state index >= 15 is 0 Å². The van der Waals surface area contributed by atoms with Crippen LogP contribution in [-0.4, -0.2) is 54.4 Å². The summed E-state index contributed by atoms with van der Waals surface area (Å²) in [6.45, 7) is 1.90. The molecule has 0 aromatic carbocycles. The normalized spacial score (nSPS) is 27.4. The lowest BCUT2D eigenvalue weighted by molar-refractivity contribution is -0.195.